The van der Waals surface area contributed by atoms with Gasteiger partial charge >= 0.3 is 0 Å². The summed E-state index contributed by atoms with van der Waals surface area (Å²) in [7, 11) is 0. The standard InChI is InChI=1S/C15H24N2O2/c1-15(2,3)17-8-7-16-11-12-5-4-6-13-14(12)19-10-9-18-13/h4-6,16-17H,7-11H2,1-3H3. The van der Waals surface area contributed by atoms with Gasteiger partial charge < -0.3 is 20.1 Å². The van der Waals surface area contributed by atoms with E-state index in [0.29, 0.717) is 13.2 Å². The van der Waals surface area contributed by atoms with Crippen molar-refractivity contribution in [3.05, 3.63) is 23.8 Å². The summed E-state index contributed by atoms with van der Waals surface area (Å²) in [6.07, 6.45) is 0. The minimum absolute atomic E-state index is 0.171. The number of hydrogen-bond acceptors (Lipinski definition) is 4. The minimum Gasteiger partial charge on any atom is -0.486 e. The first-order chi connectivity index (χ1) is 9.06. The maximum atomic E-state index is 5.69. The Bertz CT molecular complexity index is 413. The van der Waals surface area contributed by atoms with Crippen LogP contribution in [0.2, 0.25) is 0 Å². The number of ether oxygens (including phenoxy) is 2. The predicted molar refractivity (Wildman–Crippen MR) is 76.9 cm³/mol. The van der Waals surface area contributed by atoms with E-state index in [1.807, 2.05) is 12.1 Å². The Hall–Kier alpha value is -1.26. The van der Waals surface area contributed by atoms with Gasteiger partial charge in [-0.15, -0.1) is 0 Å². The molecule has 1 heterocycles. The van der Waals surface area contributed by atoms with Crippen molar-refractivity contribution in [2.24, 2.45) is 0 Å². The highest BCUT2D eigenvalue weighted by atomic mass is 16.6. The lowest BCUT2D eigenvalue weighted by Gasteiger charge is -2.22. The summed E-state index contributed by atoms with van der Waals surface area (Å²) in [5.74, 6) is 1.75. The highest BCUT2D eigenvalue weighted by molar-refractivity contribution is 5.47. The van der Waals surface area contributed by atoms with Crippen LogP contribution in [0.25, 0.3) is 0 Å². The van der Waals surface area contributed by atoms with Crippen LogP contribution in [-0.2, 0) is 6.54 Å². The number of hydrogen-bond donors (Lipinski definition) is 2. The predicted octanol–water partition coefficient (Wildman–Crippen LogP) is 1.94. The second kappa shape index (κ2) is 6.26. The summed E-state index contributed by atoms with van der Waals surface area (Å²) in [5, 5.41) is 6.88. The summed E-state index contributed by atoms with van der Waals surface area (Å²) in [4.78, 5) is 0. The van der Waals surface area contributed by atoms with Crippen LogP contribution in [0.5, 0.6) is 11.5 Å². The molecular formula is C15H24N2O2. The van der Waals surface area contributed by atoms with Gasteiger partial charge in [-0.25, -0.2) is 0 Å². The molecule has 0 spiro atoms. The average molecular weight is 264 g/mol. The number of benzene rings is 1. The van der Waals surface area contributed by atoms with Gasteiger partial charge in [0.05, 0.1) is 0 Å². The molecule has 0 amide bonds. The van der Waals surface area contributed by atoms with E-state index < -0.39 is 0 Å². The highest BCUT2D eigenvalue weighted by Gasteiger charge is 2.15. The lowest BCUT2D eigenvalue weighted by Crippen LogP contribution is -2.40. The molecule has 1 aliphatic rings. The van der Waals surface area contributed by atoms with E-state index >= 15 is 0 Å². The second-order valence-corrected chi connectivity index (χ2v) is 5.79. The SMILES string of the molecule is CC(C)(C)NCCNCc1cccc2c1OCCO2. The Balaban J connectivity index is 1.80. The molecule has 2 rings (SSSR count). The molecule has 0 radical (unpaired) electrons. The molecule has 0 saturated carbocycles. The van der Waals surface area contributed by atoms with Gasteiger partial charge in [-0.1, -0.05) is 12.1 Å². The maximum Gasteiger partial charge on any atom is 0.165 e. The van der Waals surface area contributed by atoms with E-state index in [4.69, 9.17) is 9.47 Å². The number of fused-ring (bicyclic) bond motifs is 1. The van der Waals surface area contributed by atoms with Crippen molar-refractivity contribution in [2.45, 2.75) is 32.9 Å². The number of para-hydroxylation sites is 1. The van der Waals surface area contributed by atoms with Crippen LogP contribution in [0.4, 0.5) is 0 Å². The summed E-state index contributed by atoms with van der Waals surface area (Å²) in [6, 6.07) is 6.05. The van der Waals surface area contributed by atoms with Gasteiger partial charge in [0, 0.05) is 30.7 Å². The summed E-state index contributed by atoms with van der Waals surface area (Å²) >= 11 is 0. The normalized spacial score (nSPS) is 14.5. The second-order valence-electron chi connectivity index (χ2n) is 5.79. The molecule has 0 fully saturated rings. The first kappa shape index (κ1) is 14.2. The molecule has 4 nitrogen and oxygen atoms in total. The first-order valence-electron chi connectivity index (χ1n) is 6.89. The first-order valence-corrected chi connectivity index (χ1v) is 6.89. The largest absolute Gasteiger partial charge is 0.486 e. The Morgan fingerprint density at radius 2 is 1.89 bits per heavy atom. The molecule has 1 aliphatic heterocycles. The fourth-order valence-corrected chi connectivity index (χ4v) is 2.02. The lowest BCUT2D eigenvalue weighted by molar-refractivity contribution is 0.169. The Kier molecular flexibility index (Phi) is 4.66. The molecule has 4 heteroatoms. The van der Waals surface area contributed by atoms with Crippen molar-refractivity contribution >= 4 is 0 Å². The minimum atomic E-state index is 0.171. The van der Waals surface area contributed by atoms with Crippen molar-refractivity contribution in [2.75, 3.05) is 26.3 Å². The summed E-state index contributed by atoms with van der Waals surface area (Å²) in [5.41, 5.74) is 1.33. The van der Waals surface area contributed by atoms with Gasteiger partial charge in [0.25, 0.3) is 0 Å². The van der Waals surface area contributed by atoms with Gasteiger partial charge in [-0.05, 0) is 26.8 Å². The Morgan fingerprint density at radius 1 is 1.11 bits per heavy atom. The Morgan fingerprint density at radius 3 is 2.68 bits per heavy atom. The van der Waals surface area contributed by atoms with Crippen LogP contribution in [0.3, 0.4) is 0 Å². The third-order valence-corrected chi connectivity index (χ3v) is 2.92. The molecule has 0 saturated heterocycles. The average Bonchev–Trinajstić information content (AvgIpc) is 2.37. The van der Waals surface area contributed by atoms with Gasteiger partial charge in [-0.2, -0.15) is 0 Å². The van der Waals surface area contributed by atoms with Crippen LogP contribution < -0.4 is 20.1 Å². The van der Waals surface area contributed by atoms with Crippen LogP contribution >= 0.6 is 0 Å². The van der Waals surface area contributed by atoms with Crippen LogP contribution in [0, 0.1) is 0 Å². The molecular weight excluding hydrogens is 240 g/mol. The molecule has 0 unspecified atom stereocenters. The zero-order valence-electron chi connectivity index (χ0n) is 12.1. The van der Waals surface area contributed by atoms with E-state index in [1.54, 1.807) is 0 Å². The fraction of sp³-hybridized carbons (Fsp3) is 0.600. The van der Waals surface area contributed by atoms with Crippen LogP contribution in [-0.4, -0.2) is 31.8 Å². The van der Waals surface area contributed by atoms with E-state index in [9.17, 15) is 0 Å². The smallest absolute Gasteiger partial charge is 0.165 e. The zero-order valence-corrected chi connectivity index (χ0v) is 12.1. The molecule has 19 heavy (non-hydrogen) atoms. The van der Waals surface area contributed by atoms with E-state index in [-0.39, 0.29) is 5.54 Å². The monoisotopic (exact) mass is 264 g/mol. The molecule has 1 aromatic rings. The molecule has 0 atom stereocenters. The van der Waals surface area contributed by atoms with E-state index in [2.05, 4.69) is 37.5 Å². The van der Waals surface area contributed by atoms with Gasteiger partial charge in [0.15, 0.2) is 11.5 Å². The molecule has 106 valence electrons. The fourth-order valence-electron chi connectivity index (χ4n) is 2.02. The molecule has 2 N–H and O–H groups in total. The van der Waals surface area contributed by atoms with E-state index in [1.165, 1.54) is 0 Å². The molecule has 0 aliphatic carbocycles. The van der Waals surface area contributed by atoms with Gasteiger partial charge in [0.2, 0.25) is 0 Å². The Labute approximate surface area is 115 Å². The van der Waals surface area contributed by atoms with Crippen molar-refractivity contribution in [3.63, 3.8) is 0 Å². The molecule has 1 aromatic carbocycles. The summed E-state index contributed by atoms with van der Waals surface area (Å²) < 4.78 is 11.3. The van der Waals surface area contributed by atoms with Gasteiger partial charge in [0.1, 0.15) is 13.2 Å². The zero-order chi connectivity index (χ0) is 13.7. The summed E-state index contributed by atoms with van der Waals surface area (Å²) in [6.45, 7) is 10.5. The number of nitrogens with one attached hydrogen (secondary N) is 2. The van der Waals surface area contributed by atoms with Crippen molar-refractivity contribution in [1.29, 1.82) is 0 Å². The topological polar surface area (TPSA) is 42.5 Å². The van der Waals surface area contributed by atoms with Crippen molar-refractivity contribution in [1.82, 2.24) is 10.6 Å². The quantitative estimate of drug-likeness (QED) is 0.798. The van der Waals surface area contributed by atoms with Crippen LogP contribution in [0.1, 0.15) is 26.3 Å². The third-order valence-electron chi connectivity index (χ3n) is 2.92. The van der Waals surface area contributed by atoms with Crippen molar-refractivity contribution in [3.8, 4) is 11.5 Å². The maximum absolute atomic E-state index is 5.69. The molecule has 0 bridgehead atoms. The highest BCUT2D eigenvalue weighted by Crippen LogP contribution is 2.33. The van der Waals surface area contributed by atoms with Gasteiger partial charge in [-0.3, -0.25) is 0 Å². The number of rotatable bonds is 5. The van der Waals surface area contributed by atoms with E-state index in [0.717, 1.165) is 36.7 Å². The third kappa shape index (κ3) is 4.40. The van der Waals surface area contributed by atoms with Crippen LogP contribution in [0.15, 0.2) is 18.2 Å². The lowest BCUT2D eigenvalue weighted by atomic mass is 10.1. The molecule has 0 aromatic heterocycles. The van der Waals surface area contributed by atoms with Crippen molar-refractivity contribution < 1.29 is 9.47 Å².